The lowest BCUT2D eigenvalue weighted by atomic mass is 9.74. The van der Waals surface area contributed by atoms with Crippen LogP contribution < -0.4 is 0 Å². The summed E-state index contributed by atoms with van der Waals surface area (Å²) in [7, 11) is 0. The van der Waals surface area contributed by atoms with Crippen molar-refractivity contribution in [2.75, 3.05) is 0 Å². The minimum atomic E-state index is -3.90. The van der Waals surface area contributed by atoms with E-state index in [4.69, 9.17) is 18.9 Å². The van der Waals surface area contributed by atoms with Crippen molar-refractivity contribution in [2.24, 2.45) is 17.8 Å². The maximum Gasteiger partial charge on any atom is 0.344 e. The molecule has 270 valence electrons. The highest BCUT2D eigenvalue weighted by molar-refractivity contribution is 5.98. The van der Waals surface area contributed by atoms with Crippen LogP contribution in [-0.4, -0.2) is 96.8 Å². The van der Waals surface area contributed by atoms with Gasteiger partial charge in [0.25, 0.3) is 0 Å². The molecule has 0 spiro atoms. The van der Waals surface area contributed by atoms with E-state index in [1.807, 2.05) is 51.1 Å². The van der Waals surface area contributed by atoms with Crippen LogP contribution in [0.1, 0.15) is 65.9 Å². The lowest BCUT2D eigenvalue weighted by molar-refractivity contribution is -0.374. The number of benzene rings is 1. The van der Waals surface area contributed by atoms with Gasteiger partial charge in [-0.2, -0.15) is 0 Å². The second-order valence-electron chi connectivity index (χ2n) is 13.1. The van der Waals surface area contributed by atoms with Crippen LogP contribution in [0.4, 0.5) is 0 Å². The zero-order valence-electron chi connectivity index (χ0n) is 28.2. The lowest BCUT2D eigenvalue weighted by Gasteiger charge is -2.48. The van der Waals surface area contributed by atoms with Crippen LogP contribution >= 0.6 is 0 Å². The molecule has 2 fully saturated rings. The minimum Gasteiger partial charge on any atom is -0.479 e. The Labute approximate surface area is 284 Å². The Balaban J connectivity index is 2.02. The first-order valence-electron chi connectivity index (χ1n) is 16.1. The molecule has 49 heavy (non-hydrogen) atoms. The molecular weight excluding hydrogens is 644 g/mol. The third kappa shape index (κ3) is 7.88. The molecule has 0 aliphatic carbocycles. The van der Waals surface area contributed by atoms with Crippen molar-refractivity contribution in [1.82, 2.24) is 0 Å². The van der Waals surface area contributed by atoms with Crippen LogP contribution in [0.5, 0.6) is 0 Å². The van der Waals surface area contributed by atoms with E-state index in [0.717, 1.165) is 18.1 Å². The van der Waals surface area contributed by atoms with Gasteiger partial charge < -0.3 is 44.5 Å². The SMILES string of the molecule is C=C(CCC12OC(C(=O)O)C(O)(C(=O)O)C(C(=O)O)(O1)C(OC(=O)/C=C/[C@@H](C)C[C@@H](C)CC)[C@H]2O)[C@@H](OC(C)=O)[C@H](C)Cc1ccccc1. The first-order valence-corrected chi connectivity index (χ1v) is 16.1. The third-order valence-electron chi connectivity index (χ3n) is 9.29. The number of carbonyl (C=O) groups excluding carboxylic acids is 2. The maximum absolute atomic E-state index is 13.0. The van der Waals surface area contributed by atoms with Gasteiger partial charge in [-0.25, -0.2) is 19.2 Å². The van der Waals surface area contributed by atoms with Gasteiger partial charge in [-0.05, 0) is 42.2 Å². The monoisotopic (exact) mass is 690 g/mol. The van der Waals surface area contributed by atoms with Crippen molar-refractivity contribution in [2.45, 2.75) is 108 Å². The largest absolute Gasteiger partial charge is 0.479 e. The van der Waals surface area contributed by atoms with Crippen LogP contribution in [0, 0.1) is 17.8 Å². The normalized spacial score (nSPS) is 30.1. The Morgan fingerprint density at radius 1 is 1.04 bits per heavy atom. The summed E-state index contributed by atoms with van der Waals surface area (Å²) in [6.45, 7) is 12.9. The van der Waals surface area contributed by atoms with E-state index < -0.39 is 77.7 Å². The Morgan fingerprint density at radius 2 is 1.67 bits per heavy atom. The van der Waals surface area contributed by atoms with E-state index in [2.05, 4.69) is 6.58 Å². The van der Waals surface area contributed by atoms with Crippen LogP contribution in [-0.2, 0) is 49.3 Å². The molecule has 5 N–H and O–H groups in total. The number of allylic oxidation sites excluding steroid dienone is 1. The molecule has 0 radical (unpaired) electrons. The Hall–Kier alpha value is -4.11. The second-order valence-corrected chi connectivity index (χ2v) is 13.1. The van der Waals surface area contributed by atoms with Crippen molar-refractivity contribution in [3.63, 3.8) is 0 Å². The molecule has 2 saturated heterocycles. The fraction of sp³-hybridized carbons (Fsp3) is 0.571. The molecule has 3 rings (SSSR count). The average Bonchev–Trinajstić information content (AvgIpc) is 3.25. The number of rotatable bonds is 17. The first kappa shape index (κ1) is 39.3. The molecule has 0 aromatic heterocycles. The van der Waals surface area contributed by atoms with Crippen molar-refractivity contribution in [3.05, 3.63) is 60.2 Å². The molecule has 0 amide bonds. The predicted molar refractivity (Wildman–Crippen MR) is 171 cm³/mol. The summed E-state index contributed by atoms with van der Waals surface area (Å²) in [6.07, 6.45) is -4.83. The summed E-state index contributed by atoms with van der Waals surface area (Å²) >= 11 is 0. The van der Waals surface area contributed by atoms with Crippen LogP contribution in [0.15, 0.2) is 54.6 Å². The van der Waals surface area contributed by atoms with Gasteiger partial charge in [0.1, 0.15) is 12.2 Å². The molecule has 10 atom stereocenters. The highest BCUT2D eigenvalue weighted by atomic mass is 16.8. The second kappa shape index (κ2) is 15.6. The zero-order chi connectivity index (χ0) is 36.9. The van der Waals surface area contributed by atoms with Gasteiger partial charge in [-0.15, -0.1) is 0 Å². The number of ether oxygens (including phenoxy) is 4. The molecule has 5 unspecified atom stereocenters. The number of hydrogen-bond donors (Lipinski definition) is 5. The first-order chi connectivity index (χ1) is 22.9. The standard InChI is InChI=1S/C35H46O14/c1-7-19(2)17-20(3)13-14-25(37)47-28-27(38)33(48-29(30(39)40)34(45,31(41)42)35(28,49-33)32(43)44)16-15-21(4)26(46-23(6)36)22(5)18-24-11-9-8-10-12-24/h8-14,19-20,22,26-29,38,45H,4,7,15-18H2,1-3,5-6H3,(H,39,40)(H,41,42)(H,43,44)/b14-13+/t19-,20+,22+,26+,27+,28?,29?,33?,34?,35?/m0/s1. The van der Waals surface area contributed by atoms with E-state index >= 15 is 0 Å². The number of aliphatic hydroxyl groups is 2. The number of carboxylic acid groups (broad SMARTS) is 3. The smallest absolute Gasteiger partial charge is 0.344 e. The summed E-state index contributed by atoms with van der Waals surface area (Å²) in [5, 5.41) is 53.5. The molecule has 2 aliphatic heterocycles. The van der Waals surface area contributed by atoms with Gasteiger partial charge in [0.15, 0.2) is 6.10 Å². The third-order valence-corrected chi connectivity index (χ3v) is 9.29. The highest BCUT2D eigenvalue weighted by Gasteiger charge is 2.85. The summed E-state index contributed by atoms with van der Waals surface area (Å²) in [4.78, 5) is 63.0. The van der Waals surface area contributed by atoms with Crippen molar-refractivity contribution >= 4 is 29.8 Å². The fourth-order valence-electron chi connectivity index (χ4n) is 6.58. The van der Waals surface area contributed by atoms with E-state index in [0.29, 0.717) is 18.8 Å². The van der Waals surface area contributed by atoms with Gasteiger partial charge in [0.2, 0.25) is 23.1 Å². The predicted octanol–water partition coefficient (Wildman–Crippen LogP) is 2.88. The van der Waals surface area contributed by atoms with E-state index in [1.165, 1.54) is 13.0 Å². The van der Waals surface area contributed by atoms with Gasteiger partial charge in [-0.1, -0.05) is 77.1 Å². The number of esters is 2. The van der Waals surface area contributed by atoms with Crippen molar-refractivity contribution < 1.29 is 68.5 Å². The molecule has 2 heterocycles. The zero-order valence-corrected chi connectivity index (χ0v) is 28.2. The number of hydrogen-bond acceptors (Lipinski definition) is 11. The van der Waals surface area contributed by atoms with Crippen LogP contribution in [0.3, 0.4) is 0 Å². The van der Waals surface area contributed by atoms with Crippen molar-refractivity contribution in [3.8, 4) is 0 Å². The summed E-state index contributed by atoms with van der Waals surface area (Å²) in [5.41, 5.74) is -6.27. The molecule has 14 heteroatoms. The van der Waals surface area contributed by atoms with Gasteiger partial charge in [0, 0.05) is 25.3 Å². The van der Waals surface area contributed by atoms with Crippen molar-refractivity contribution in [1.29, 1.82) is 0 Å². The quantitative estimate of drug-likeness (QED) is 0.0901. The van der Waals surface area contributed by atoms with E-state index in [-0.39, 0.29) is 23.8 Å². The maximum atomic E-state index is 13.0. The molecule has 1 aromatic rings. The summed E-state index contributed by atoms with van der Waals surface area (Å²) in [5.74, 6) is -11.3. The number of fused-ring (bicyclic) bond motifs is 2. The molecule has 2 aliphatic rings. The van der Waals surface area contributed by atoms with Gasteiger partial charge >= 0.3 is 29.8 Å². The molecule has 14 nitrogen and oxygen atoms in total. The number of carbonyl (C=O) groups is 5. The lowest BCUT2D eigenvalue weighted by Crippen LogP contribution is -2.78. The Morgan fingerprint density at radius 3 is 2.20 bits per heavy atom. The molecule has 0 saturated carbocycles. The number of aliphatic carboxylic acids is 3. The Kier molecular flexibility index (Phi) is 12.5. The van der Waals surface area contributed by atoms with Gasteiger partial charge in [0.05, 0.1) is 0 Å². The summed E-state index contributed by atoms with van der Waals surface area (Å²) in [6, 6.07) is 9.29. The molecule has 2 bridgehead atoms. The van der Waals surface area contributed by atoms with Crippen LogP contribution in [0.25, 0.3) is 0 Å². The van der Waals surface area contributed by atoms with E-state index in [9.17, 15) is 49.5 Å². The van der Waals surface area contributed by atoms with Crippen LogP contribution in [0.2, 0.25) is 0 Å². The topological polar surface area (TPSA) is 223 Å². The summed E-state index contributed by atoms with van der Waals surface area (Å²) < 4.78 is 22.0. The number of aliphatic hydroxyl groups excluding tert-OH is 1. The minimum absolute atomic E-state index is 0.123. The fourth-order valence-corrected chi connectivity index (χ4v) is 6.58. The number of carboxylic acids is 3. The van der Waals surface area contributed by atoms with Gasteiger partial charge in [-0.3, -0.25) is 4.79 Å². The Bertz CT molecular complexity index is 1440. The average molecular weight is 691 g/mol. The van der Waals surface area contributed by atoms with E-state index in [1.54, 1.807) is 6.92 Å². The molecular formula is C35H46O14. The molecule has 1 aromatic carbocycles. The highest BCUT2D eigenvalue weighted by Crippen LogP contribution is 2.56.